The molecule has 0 saturated heterocycles. The summed E-state index contributed by atoms with van der Waals surface area (Å²) in [5, 5.41) is 9.11. The van der Waals surface area contributed by atoms with Gasteiger partial charge in [0.15, 0.2) is 0 Å². The fourth-order valence-corrected chi connectivity index (χ4v) is 1.74. The van der Waals surface area contributed by atoms with Crippen LogP contribution in [0.4, 0.5) is 5.69 Å². The number of nitrogens with one attached hydrogen (secondary N) is 2. The van der Waals surface area contributed by atoms with Gasteiger partial charge in [-0.3, -0.25) is 9.59 Å². The van der Waals surface area contributed by atoms with E-state index in [0.29, 0.717) is 23.5 Å². The predicted molar refractivity (Wildman–Crippen MR) is 78.3 cm³/mol. The Hall–Kier alpha value is -2.63. The van der Waals surface area contributed by atoms with Gasteiger partial charge in [-0.05, 0) is 31.5 Å². The minimum absolute atomic E-state index is 0.133. The van der Waals surface area contributed by atoms with Crippen molar-refractivity contribution in [3.63, 3.8) is 0 Å². The molecule has 110 valence electrons. The summed E-state index contributed by atoms with van der Waals surface area (Å²) in [7, 11) is 0. The number of carbonyl (C=O) groups is 2. The van der Waals surface area contributed by atoms with Gasteiger partial charge in [-0.15, -0.1) is 0 Å². The summed E-state index contributed by atoms with van der Waals surface area (Å²) in [5.74, 6) is -0.432. The molecule has 0 unspecified atom stereocenters. The van der Waals surface area contributed by atoms with E-state index >= 15 is 0 Å². The van der Waals surface area contributed by atoms with Crippen molar-refractivity contribution in [1.29, 1.82) is 0 Å². The van der Waals surface area contributed by atoms with Crippen molar-refractivity contribution in [2.75, 3.05) is 11.9 Å². The third-order valence-corrected chi connectivity index (χ3v) is 2.77. The summed E-state index contributed by atoms with van der Waals surface area (Å²) in [6, 6.07) is 8.28. The maximum atomic E-state index is 11.9. The van der Waals surface area contributed by atoms with E-state index in [1.807, 2.05) is 6.92 Å². The van der Waals surface area contributed by atoms with Crippen LogP contribution in [0.15, 0.2) is 34.9 Å². The number of benzene rings is 1. The molecule has 6 heteroatoms. The molecule has 0 spiro atoms. The van der Waals surface area contributed by atoms with Crippen LogP contribution in [-0.2, 0) is 0 Å². The van der Waals surface area contributed by atoms with E-state index in [2.05, 4.69) is 15.8 Å². The van der Waals surface area contributed by atoms with Crippen molar-refractivity contribution >= 4 is 17.5 Å². The third-order valence-electron chi connectivity index (χ3n) is 2.77. The Bertz CT molecular complexity index is 649. The second-order valence-corrected chi connectivity index (χ2v) is 4.62. The van der Waals surface area contributed by atoms with Gasteiger partial charge in [0.05, 0.1) is 5.69 Å². The van der Waals surface area contributed by atoms with Gasteiger partial charge in [-0.25, -0.2) is 0 Å². The molecule has 2 N–H and O–H groups in total. The highest BCUT2D eigenvalue weighted by atomic mass is 16.5. The lowest BCUT2D eigenvalue weighted by atomic mass is 10.2. The standard InChI is InChI=1S/C15H17N3O3/c1-3-7-16-14(19)11-5-4-6-12(9-11)17-15(20)13-8-10(2)18-21-13/h4-6,8-9H,3,7H2,1-2H3,(H,16,19)(H,17,20). The van der Waals surface area contributed by atoms with Crippen LogP contribution in [0, 0.1) is 6.92 Å². The summed E-state index contributed by atoms with van der Waals surface area (Å²) in [6.07, 6.45) is 0.868. The van der Waals surface area contributed by atoms with Crippen LogP contribution < -0.4 is 10.6 Å². The first-order chi connectivity index (χ1) is 10.1. The Morgan fingerprint density at radius 1 is 1.24 bits per heavy atom. The maximum absolute atomic E-state index is 11.9. The number of aromatic nitrogens is 1. The first-order valence-corrected chi connectivity index (χ1v) is 6.73. The van der Waals surface area contributed by atoms with Crippen molar-refractivity contribution in [1.82, 2.24) is 10.5 Å². The molecule has 0 aliphatic carbocycles. The van der Waals surface area contributed by atoms with Crippen LogP contribution in [0.3, 0.4) is 0 Å². The van der Waals surface area contributed by atoms with Gasteiger partial charge in [-0.1, -0.05) is 18.1 Å². The Balaban J connectivity index is 2.07. The number of rotatable bonds is 5. The van der Waals surface area contributed by atoms with E-state index in [4.69, 9.17) is 4.52 Å². The van der Waals surface area contributed by atoms with Gasteiger partial charge in [0.2, 0.25) is 5.76 Å². The van der Waals surface area contributed by atoms with E-state index < -0.39 is 5.91 Å². The summed E-state index contributed by atoms with van der Waals surface area (Å²) in [6.45, 7) is 4.34. The normalized spacial score (nSPS) is 10.2. The lowest BCUT2D eigenvalue weighted by molar-refractivity contribution is 0.0951. The number of amides is 2. The maximum Gasteiger partial charge on any atom is 0.294 e. The first-order valence-electron chi connectivity index (χ1n) is 6.73. The largest absolute Gasteiger partial charge is 0.352 e. The molecule has 0 fully saturated rings. The van der Waals surface area contributed by atoms with Gasteiger partial charge in [0.1, 0.15) is 0 Å². The van der Waals surface area contributed by atoms with Crippen molar-refractivity contribution in [3.8, 4) is 0 Å². The molecule has 21 heavy (non-hydrogen) atoms. The molecule has 6 nitrogen and oxygen atoms in total. The number of aryl methyl sites for hydroxylation is 1. The summed E-state index contributed by atoms with van der Waals surface area (Å²) < 4.78 is 4.89. The number of hydrogen-bond donors (Lipinski definition) is 2. The highest BCUT2D eigenvalue weighted by molar-refractivity contribution is 6.03. The lowest BCUT2D eigenvalue weighted by Gasteiger charge is -2.06. The van der Waals surface area contributed by atoms with Gasteiger partial charge >= 0.3 is 0 Å². The molecule has 1 aromatic heterocycles. The van der Waals surface area contributed by atoms with E-state index in [1.165, 1.54) is 0 Å². The number of hydrogen-bond acceptors (Lipinski definition) is 4. The van der Waals surface area contributed by atoms with Gasteiger partial charge in [-0.2, -0.15) is 0 Å². The van der Waals surface area contributed by atoms with E-state index in [-0.39, 0.29) is 11.7 Å². The number of carbonyl (C=O) groups excluding carboxylic acids is 2. The fraction of sp³-hybridized carbons (Fsp3) is 0.267. The van der Waals surface area contributed by atoms with Crippen LogP contribution in [0.2, 0.25) is 0 Å². The van der Waals surface area contributed by atoms with E-state index in [0.717, 1.165) is 6.42 Å². The van der Waals surface area contributed by atoms with Crippen molar-refractivity contribution in [2.24, 2.45) is 0 Å². The topological polar surface area (TPSA) is 84.2 Å². The van der Waals surface area contributed by atoms with Gasteiger partial charge in [0, 0.05) is 23.9 Å². The molecular weight excluding hydrogens is 270 g/mol. The van der Waals surface area contributed by atoms with Gasteiger partial charge in [0.25, 0.3) is 11.8 Å². The first kappa shape index (κ1) is 14.8. The molecule has 1 heterocycles. The highest BCUT2D eigenvalue weighted by Crippen LogP contribution is 2.13. The third kappa shape index (κ3) is 3.92. The molecule has 1 aromatic carbocycles. The average Bonchev–Trinajstić information content (AvgIpc) is 2.91. The summed E-state index contributed by atoms with van der Waals surface area (Å²) >= 11 is 0. The van der Waals surface area contributed by atoms with Crippen LogP contribution in [0.25, 0.3) is 0 Å². The molecule has 0 atom stereocenters. The molecule has 0 radical (unpaired) electrons. The molecule has 2 amide bonds. The van der Waals surface area contributed by atoms with Crippen LogP contribution >= 0.6 is 0 Å². The monoisotopic (exact) mass is 287 g/mol. The molecule has 0 bridgehead atoms. The predicted octanol–water partition coefficient (Wildman–Crippen LogP) is 2.38. The zero-order valence-electron chi connectivity index (χ0n) is 12.0. The highest BCUT2D eigenvalue weighted by Gasteiger charge is 2.12. The van der Waals surface area contributed by atoms with Gasteiger partial charge < -0.3 is 15.2 Å². The zero-order chi connectivity index (χ0) is 15.2. The van der Waals surface area contributed by atoms with Crippen LogP contribution in [0.5, 0.6) is 0 Å². The van der Waals surface area contributed by atoms with Crippen LogP contribution in [-0.4, -0.2) is 23.5 Å². The second-order valence-electron chi connectivity index (χ2n) is 4.62. The SMILES string of the molecule is CCCNC(=O)c1cccc(NC(=O)c2cc(C)no2)c1. The molecule has 2 aromatic rings. The fourth-order valence-electron chi connectivity index (χ4n) is 1.74. The Labute approximate surface area is 122 Å². The molecule has 0 saturated carbocycles. The minimum Gasteiger partial charge on any atom is -0.352 e. The quantitative estimate of drug-likeness (QED) is 0.884. The van der Waals surface area contributed by atoms with Crippen molar-refractivity contribution < 1.29 is 14.1 Å². The van der Waals surface area contributed by atoms with Crippen molar-refractivity contribution in [2.45, 2.75) is 20.3 Å². The summed E-state index contributed by atoms with van der Waals surface area (Å²) in [5.41, 5.74) is 1.65. The lowest BCUT2D eigenvalue weighted by Crippen LogP contribution is -2.24. The van der Waals surface area contributed by atoms with Crippen molar-refractivity contribution in [3.05, 3.63) is 47.3 Å². The Morgan fingerprint density at radius 3 is 2.71 bits per heavy atom. The molecular formula is C15H17N3O3. The average molecular weight is 287 g/mol. The molecule has 2 rings (SSSR count). The zero-order valence-corrected chi connectivity index (χ0v) is 12.0. The second kappa shape index (κ2) is 6.69. The minimum atomic E-state index is -0.401. The Morgan fingerprint density at radius 2 is 2.05 bits per heavy atom. The Kier molecular flexibility index (Phi) is 4.71. The van der Waals surface area contributed by atoms with E-state index in [9.17, 15) is 9.59 Å². The molecule has 0 aliphatic rings. The smallest absolute Gasteiger partial charge is 0.294 e. The molecule has 0 aliphatic heterocycles. The number of nitrogens with zero attached hydrogens (tertiary/aromatic N) is 1. The van der Waals surface area contributed by atoms with Crippen LogP contribution in [0.1, 0.15) is 40.0 Å². The van der Waals surface area contributed by atoms with E-state index in [1.54, 1.807) is 37.3 Å². The summed E-state index contributed by atoms with van der Waals surface area (Å²) in [4.78, 5) is 23.8. The number of anilines is 1.